The molecular weight excluding hydrogens is 362 g/mol. The first-order valence-corrected chi connectivity index (χ1v) is 10.9. The van der Waals surface area contributed by atoms with E-state index in [1.807, 2.05) is 30.9 Å². The van der Waals surface area contributed by atoms with E-state index in [2.05, 4.69) is 16.6 Å². The van der Waals surface area contributed by atoms with Gasteiger partial charge in [0.2, 0.25) is 5.91 Å². The fourth-order valence-corrected chi connectivity index (χ4v) is 3.72. The summed E-state index contributed by atoms with van der Waals surface area (Å²) in [5.41, 5.74) is 0. The van der Waals surface area contributed by atoms with Gasteiger partial charge in [-0.15, -0.1) is 11.8 Å². The summed E-state index contributed by atoms with van der Waals surface area (Å²) >= 11 is 1.75. The number of hydrogen-bond acceptors (Lipinski definition) is 5. The SMILES string of the molecule is CCC#CC[C@H](C)[C@@H](O)C=C[C@H]1CCC(=O)N1CCSCCCC(=O)OC. The molecule has 152 valence electrons. The molecule has 1 heterocycles. The molecule has 1 fully saturated rings. The monoisotopic (exact) mass is 395 g/mol. The highest BCUT2D eigenvalue weighted by atomic mass is 32.2. The number of aliphatic hydroxyl groups is 1. The Balaban J connectivity index is 2.37. The van der Waals surface area contributed by atoms with Crippen LogP contribution in [0.2, 0.25) is 0 Å². The van der Waals surface area contributed by atoms with Crippen molar-refractivity contribution in [2.45, 2.75) is 64.5 Å². The first kappa shape index (κ1) is 23.6. The second-order valence-electron chi connectivity index (χ2n) is 6.75. The second kappa shape index (κ2) is 13.7. The Bertz CT molecular complexity index is 552. The number of aliphatic hydroxyl groups excluding tert-OH is 1. The number of nitrogens with zero attached hydrogens (tertiary/aromatic N) is 1. The Kier molecular flexibility index (Phi) is 12.0. The van der Waals surface area contributed by atoms with Gasteiger partial charge in [-0.05, 0) is 24.5 Å². The fourth-order valence-electron chi connectivity index (χ4n) is 2.84. The maximum absolute atomic E-state index is 12.1. The van der Waals surface area contributed by atoms with E-state index in [0.29, 0.717) is 25.8 Å². The highest BCUT2D eigenvalue weighted by Gasteiger charge is 2.28. The molecule has 1 saturated heterocycles. The van der Waals surface area contributed by atoms with Crippen LogP contribution in [-0.2, 0) is 14.3 Å². The van der Waals surface area contributed by atoms with Crippen molar-refractivity contribution in [1.29, 1.82) is 0 Å². The molecule has 0 aromatic heterocycles. The molecular formula is C21H33NO4S. The van der Waals surface area contributed by atoms with Crippen LogP contribution in [0.5, 0.6) is 0 Å². The standard InChI is InChI=1S/C21H33NO4S/c1-4-5-6-8-17(2)19(23)12-10-18-11-13-20(24)22(18)14-16-27-15-7-9-21(25)26-3/h10,12,17-19,23H,4,7-9,11,13-16H2,1-3H3/t17-,18-,19-/m0/s1. The molecule has 6 heteroatoms. The highest BCUT2D eigenvalue weighted by Crippen LogP contribution is 2.21. The second-order valence-corrected chi connectivity index (χ2v) is 7.97. The number of hydrogen-bond donors (Lipinski definition) is 1. The number of rotatable bonds is 11. The third-order valence-electron chi connectivity index (χ3n) is 4.59. The molecule has 1 amide bonds. The lowest BCUT2D eigenvalue weighted by atomic mass is 10.00. The van der Waals surface area contributed by atoms with Gasteiger partial charge < -0.3 is 14.7 Å². The van der Waals surface area contributed by atoms with Crippen LogP contribution in [0, 0.1) is 17.8 Å². The minimum absolute atomic E-state index is 0.0664. The average Bonchev–Trinajstić information content (AvgIpc) is 3.02. The third kappa shape index (κ3) is 9.34. The zero-order chi connectivity index (χ0) is 20.1. The third-order valence-corrected chi connectivity index (χ3v) is 5.64. The molecule has 3 atom stereocenters. The Morgan fingerprint density at radius 3 is 2.93 bits per heavy atom. The lowest BCUT2D eigenvalue weighted by molar-refractivity contribution is -0.140. The van der Waals surface area contributed by atoms with Crippen LogP contribution in [0.25, 0.3) is 0 Å². The molecule has 1 aliphatic heterocycles. The van der Waals surface area contributed by atoms with Gasteiger partial charge in [-0.25, -0.2) is 0 Å². The van der Waals surface area contributed by atoms with Crippen LogP contribution >= 0.6 is 11.8 Å². The summed E-state index contributed by atoms with van der Waals surface area (Å²) in [6.45, 7) is 4.70. The molecule has 0 bridgehead atoms. The number of likely N-dealkylation sites (tertiary alicyclic amines) is 1. The van der Waals surface area contributed by atoms with E-state index in [4.69, 9.17) is 0 Å². The molecule has 0 saturated carbocycles. The molecule has 1 N–H and O–H groups in total. The summed E-state index contributed by atoms with van der Waals surface area (Å²) in [5, 5.41) is 10.3. The first-order chi connectivity index (χ1) is 13.0. The molecule has 1 aliphatic rings. The van der Waals surface area contributed by atoms with Crippen molar-refractivity contribution in [3.8, 4) is 11.8 Å². The Hall–Kier alpha value is -1.45. The van der Waals surface area contributed by atoms with Crippen LogP contribution in [0.15, 0.2) is 12.2 Å². The van der Waals surface area contributed by atoms with Gasteiger partial charge in [0.1, 0.15) is 0 Å². The minimum Gasteiger partial charge on any atom is -0.469 e. The van der Waals surface area contributed by atoms with Crippen LogP contribution in [0.1, 0.15) is 52.4 Å². The lowest BCUT2D eigenvalue weighted by Crippen LogP contribution is -2.34. The maximum atomic E-state index is 12.1. The van der Waals surface area contributed by atoms with Gasteiger partial charge >= 0.3 is 5.97 Å². The minimum atomic E-state index is -0.540. The number of amides is 1. The van der Waals surface area contributed by atoms with Crippen LogP contribution < -0.4 is 0 Å². The lowest BCUT2D eigenvalue weighted by Gasteiger charge is -2.23. The number of ether oxygens (including phenoxy) is 1. The van der Waals surface area contributed by atoms with Crippen molar-refractivity contribution in [3.05, 3.63) is 12.2 Å². The number of esters is 1. The largest absolute Gasteiger partial charge is 0.469 e. The maximum Gasteiger partial charge on any atom is 0.305 e. The molecule has 5 nitrogen and oxygen atoms in total. The zero-order valence-electron chi connectivity index (χ0n) is 16.8. The Labute approximate surface area is 167 Å². The highest BCUT2D eigenvalue weighted by molar-refractivity contribution is 7.99. The number of carbonyl (C=O) groups is 2. The van der Waals surface area contributed by atoms with Crippen molar-refractivity contribution < 1.29 is 19.4 Å². The van der Waals surface area contributed by atoms with Gasteiger partial charge in [0, 0.05) is 38.0 Å². The molecule has 0 radical (unpaired) electrons. The number of thioether (sulfide) groups is 1. The fraction of sp³-hybridized carbons (Fsp3) is 0.714. The average molecular weight is 396 g/mol. The van der Waals surface area contributed by atoms with E-state index in [1.54, 1.807) is 11.8 Å². The van der Waals surface area contributed by atoms with Gasteiger partial charge in [0.05, 0.1) is 19.3 Å². The van der Waals surface area contributed by atoms with E-state index < -0.39 is 6.10 Å². The zero-order valence-corrected chi connectivity index (χ0v) is 17.6. The quantitative estimate of drug-likeness (QED) is 0.252. The van der Waals surface area contributed by atoms with Crippen LogP contribution in [-0.4, -0.2) is 59.2 Å². The van der Waals surface area contributed by atoms with Gasteiger partial charge in [0.25, 0.3) is 0 Å². The number of methoxy groups -OCH3 is 1. The van der Waals surface area contributed by atoms with Gasteiger partial charge in [-0.1, -0.05) is 26.0 Å². The van der Waals surface area contributed by atoms with Crippen molar-refractivity contribution >= 4 is 23.6 Å². The topological polar surface area (TPSA) is 66.8 Å². The summed E-state index contributed by atoms with van der Waals surface area (Å²) in [4.78, 5) is 25.1. The molecule has 0 spiro atoms. The summed E-state index contributed by atoms with van der Waals surface area (Å²) in [6, 6.07) is 0.0664. The Morgan fingerprint density at radius 2 is 2.22 bits per heavy atom. The molecule has 0 unspecified atom stereocenters. The van der Waals surface area contributed by atoms with E-state index >= 15 is 0 Å². The van der Waals surface area contributed by atoms with Crippen molar-refractivity contribution in [1.82, 2.24) is 4.90 Å². The van der Waals surface area contributed by atoms with E-state index in [-0.39, 0.29) is 23.8 Å². The van der Waals surface area contributed by atoms with Gasteiger partial charge in [-0.3, -0.25) is 9.59 Å². The predicted molar refractivity (Wildman–Crippen MR) is 110 cm³/mol. The molecule has 27 heavy (non-hydrogen) atoms. The predicted octanol–water partition coefficient (Wildman–Crippen LogP) is 3.02. The molecule has 0 aromatic rings. The van der Waals surface area contributed by atoms with Crippen molar-refractivity contribution in [3.63, 3.8) is 0 Å². The summed E-state index contributed by atoms with van der Waals surface area (Å²) in [7, 11) is 1.40. The summed E-state index contributed by atoms with van der Waals surface area (Å²) < 4.78 is 4.62. The smallest absolute Gasteiger partial charge is 0.305 e. The van der Waals surface area contributed by atoms with E-state index in [9.17, 15) is 14.7 Å². The molecule has 1 rings (SSSR count). The number of carbonyl (C=O) groups excluding carboxylic acids is 2. The first-order valence-electron chi connectivity index (χ1n) is 9.75. The van der Waals surface area contributed by atoms with Crippen molar-refractivity contribution in [2.24, 2.45) is 5.92 Å². The molecule has 0 aliphatic carbocycles. The van der Waals surface area contributed by atoms with E-state index in [0.717, 1.165) is 30.8 Å². The van der Waals surface area contributed by atoms with Crippen LogP contribution in [0.3, 0.4) is 0 Å². The summed E-state index contributed by atoms with van der Waals surface area (Å²) in [5.74, 6) is 7.91. The molecule has 0 aromatic carbocycles. The van der Waals surface area contributed by atoms with Gasteiger partial charge in [0.15, 0.2) is 0 Å². The Morgan fingerprint density at radius 1 is 1.44 bits per heavy atom. The van der Waals surface area contributed by atoms with E-state index in [1.165, 1.54) is 7.11 Å². The summed E-state index contributed by atoms with van der Waals surface area (Å²) in [6.07, 6.45) is 7.36. The van der Waals surface area contributed by atoms with Crippen molar-refractivity contribution in [2.75, 3.05) is 25.2 Å². The normalized spacial score (nSPS) is 19.0. The van der Waals surface area contributed by atoms with Crippen LogP contribution in [0.4, 0.5) is 0 Å². The van der Waals surface area contributed by atoms with Gasteiger partial charge in [-0.2, -0.15) is 11.8 Å².